The molecule has 0 bridgehead atoms. The van der Waals surface area contributed by atoms with Crippen LogP contribution in [0.1, 0.15) is 39.0 Å². The van der Waals surface area contributed by atoms with Crippen molar-refractivity contribution in [3.63, 3.8) is 0 Å². The van der Waals surface area contributed by atoms with Crippen LogP contribution in [0.3, 0.4) is 0 Å². The van der Waals surface area contributed by atoms with E-state index in [-0.39, 0.29) is 0 Å². The SMILES string of the molecule is CN=C(NCCCCN1CCC(C)CC1)N1CCC(N2CCOCC2)C1. The Morgan fingerprint density at radius 1 is 1.04 bits per heavy atom. The van der Waals surface area contributed by atoms with E-state index in [9.17, 15) is 0 Å². The third-order valence-electron chi connectivity index (χ3n) is 6.30. The van der Waals surface area contributed by atoms with E-state index in [2.05, 4.69) is 31.9 Å². The summed E-state index contributed by atoms with van der Waals surface area (Å²) in [5.41, 5.74) is 0. The summed E-state index contributed by atoms with van der Waals surface area (Å²) in [6, 6.07) is 0.666. The molecular formula is C20H39N5O. The highest BCUT2D eigenvalue weighted by atomic mass is 16.5. The number of hydrogen-bond acceptors (Lipinski definition) is 4. The van der Waals surface area contributed by atoms with E-state index in [1.54, 1.807) is 0 Å². The average Bonchev–Trinajstić information content (AvgIpc) is 3.17. The lowest BCUT2D eigenvalue weighted by molar-refractivity contribution is 0.0195. The summed E-state index contributed by atoms with van der Waals surface area (Å²) >= 11 is 0. The van der Waals surface area contributed by atoms with Gasteiger partial charge in [-0.05, 0) is 57.7 Å². The Bertz CT molecular complexity index is 430. The van der Waals surface area contributed by atoms with Crippen molar-refractivity contribution < 1.29 is 4.74 Å². The maximum Gasteiger partial charge on any atom is 0.193 e. The fraction of sp³-hybridized carbons (Fsp3) is 0.950. The number of unbranched alkanes of at least 4 members (excludes halogenated alkanes) is 1. The Morgan fingerprint density at radius 2 is 1.81 bits per heavy atom. The van der Waals surface area contributed by atoms with Crippen molar-refractivity contribution in [2.75, 3.05) is 72.6 Å². The van der Waals surface area contributed by atoms with Gasteiger partial charge in [0.1, 0.15) is 0 Å². The summed E-state index contributed by atoms with van der Waals surface area (Å²) in [5, 5.41) is 3.59. The van der Waals surface area contributed by atoms with Crippen LogP contribution in [-0.4, -0.2) is 99.3 Å². The number of piperidine rings is 1. The highest BCUT2D eigenvalue weighted by Gasteiger charge is 2.30. The number of rotatable bonds is 6. The standard InChI is InChI=1S/C20H39N5O/c1-18-5-10-23(11-6-18)9-4-3-8-22-20(21-2)25-12-7-19(17-25)24-13-15-26-16-14-24/h18-19H,3-17H2,1-2H3,(H,21,22). The number of guanidine groups is 1. The van der Waals surface area contributed by atoms with E-state index < -0.39 is 0 Å². The van der Waals surface area contributed by atoms with Crippen molar-refractivity contribution in [1.82, 2.24) is 20.0 Å². The fourth-order valence-corrected chi connectivity index (χ4v) is 4.45. The van der Waals surface area contributed by atoms with Gasteiger partial charge in [-0.25, -0.2) is 0 Å². The highest BCUT2D eigenvalue weighted by Crippen LogP contribution is 2.17. The van der Waals surface area contributed by atoms with Crippen molar-refractivity contribution in [2.45, 2.75) is 45.1 Å². The first kappa shape index (κ1) is 19.9. The van der Waals surface area contributed by atoms with E-state index in [4.69, 9.17) is 4.74 Å². The van der Waals surface area contributed by atoms with E-state index in [1.165, 1.54) is 51.7 Å². The molecule has 3 fully saturated rings. The molecule has 0 aliphatic carbocycles. The van der Waals surface area contributed by atoms with Gasteiger partial charge in [0.05, 0.1) is 13.2 Å². The van der Waals surface area contributed by atoms with E-state index in [1.807, 2.05) is 7.05 Å². The number of aliphatic imine (C=N–C) groups is 1. The molecule has 150 valence electrons. The molecule has 6 nitrogen and oxygen atoms in total. The molecule has 3 aliphatic rings. The second-order valence-corrected chi connectivity index (χ2v) is 8.24. The monoisotopic (exact) mass is 365 g/mol. The van der Waals surface area contributed by atoms with Gasteiger partial charge >= 0.3 is 0 Å². The van der Waals surface area contributed by atoms with Crippen LogP contribution in [0.2, 0.25) is 0 Å². The molecule has 0 amide bonds. The Balaban J connectivity index is 1.30. The summed E-state index contributed by atoms with van der Waals surface area (Å²) in [6.07, 6.45) is 6.52. The van der Waals surface area contributed by atoms with Gasteiger partial charge in [0.2, 0.25) is 0 Å². The molecular weight excluding hydrogens is 326 g/mol. The first-order valence-electron chi connectivity index (χ1n) is 10.8. The zero-order valence-corrected chi connectivity index (χ0v) is 17.0. The van der Waals surface area contributed by atoms with Crippen LogP contribution in [0.4, 0.5) is 0 Å². The smallest absolute Gasteiger partial charge is 0.193 e. The van der Waals surface area contributed by atoms with Crippen LogP contribution in [-0.2, 0) is 4.74 Å². The van der Waals surface area contributed by atoms with Gasteiger partial charge in [-0.1, -0.05) is 6.92 Å². The number of nitrogens with one attached hydrogen (secondary N) is 1. The molecule has 1 atom stereocenters. The number of hydrogen-bond donors (Lipinski definition) is 1. The highest BCUT2D eigenvalue weighted by molar-refractivity contribution is 5.80. The van der Waals surface area contributed by atoms with Crippen LogP contribution >= 0.6 is 0 Å². The third-order valence-corrected chi connectivity index (χ3v) is 6.30. The Kier molecular flexibility index (Phi) is 8.02. The molecule has 0 aromatic heterocycles. The molecule has 1 unspecified atom stereocenters. The largest absolute Gasteiger partial charge is 0.379 e. The molecule has 3 rings (SSSR count). The lowest BCUT2D eigenvalue weighted by Gasteiger charge is -2.32. The molecule has 0 spiro atoms. The van der Waals surface area contributed by atoms with Gasteiger partial charge < -0.3 is 19.9 Å². The van der Waals surface area contributed by atoms with Crippen molar-refractivity contribution in [1.29, 1.82) is 0 Å². The van der Waals surface area contributed by atoms with E-state index >= 15 is 0 Å². The van der Waals surface area contributed by atoms with Gasteiger partial charge in [-0.2, -0.15) is 0 Å². The third kappa shape index (κ3) is 5.83. The molecule has 0 aromatic rings. The summed E-state index contributed by atoms with van der Waals surface area (Å²) in [4.78, 5) is 12.2. The molecule has 6 heteroatoms. The Hall–Kier alpha value is -0.850. The molecule has 3 heterocycles. The second-order valence-electron chi connectivity index (χ2n) is 8.24. The summed E-state index contributed by atoms with van der Waals surface area (Å²) in [7, 11) is 1.92. The van der Waals surface area contributed by atoms with Crippen molar-refractivity contribution in [3.05, 3.63) is 0 Å². The second kappa shape index (κ2) is 10.5. The van der Waals surface area contributed by atoms with Gasteiger partial charge in [0, 0.05) is 45.8 Å². The molecule has 3 saturated heterocycles. The average molecular weight is 366 g/mol. The molecule has 0 radical (unpaired) electrons. The molecule has 26 heavy (non-hydrogen) atoms. The van der Waals surface area contributed by atoms with Crippen molar-refractivity contribution in [3.8, 4) is 0 Å². The first-order valence-corrected chi connectivity index (χ1v) is 10.8. The number of likely N-dealkylation sites (tertiary alicyclic amines) is 2. The van der Waals surface area contributed by atoms with Crippen molar-refractivity contribution >= 4 is 5.96 Å². The Morgan fingerprint density at radius 3 is 2.54 bits per heavy atom. The predicted molar refractivity (Wildman–Crippen MR) is 108 cm³/mol. The molecule has 0 saturated carbocycles. The number of nitrogens with zero attached hydrogens (tertiary/aromatic N) is 4. The lowest BCUT2D eigenvalue weighted by Crippen LogP contribution is -2.46. The normalized spacial score (nSPS) is 27.2. The van der Waals surface area contributed by atoms with Gasteiger partial charge in [-0.3, -0.25) is 9.89 Å². The minimum atomic E-state index is 0.666. The zero-order chi connectivity index (χ0) is 18.2. The quantitative estimate of drug-likeness (QED) is 0.439. The summed E-state index contributed by atoms with van der Waals surface area (Å²) in [5.74, 6) is 2.02. The van der Waals surface area contributed by atoms with Crippen LogP contribution in [0.15, 0.2) is 4.99 Å². The summed E-state index contributed by atoms with van der Waals surface area (Å²) in [6.45, 7) is 13.4. The number of ether oxygens (including phenoxy) is 1. The maximum absolute atomic E-state index is 5.48. The minimum absolute atomic E-state index is 0.666. The van der Waals surface area contributed by atoms with Gasteiger partial charge in [0.15, 0.2) is 5.96 Å². The lowest BCUT2D eigenvalue weighted by atomic mass is 9.99. The van der Waals surface area contributed by atoms with Crippen molar-refractivity contribution in [2.24, 2.45) is 10.9 Å². The predicted octanol–water partition coefficient (Wildman–Crippen LogP) is 1.48. The minimum Gasteiger partial charge on any atom is -0.379 e. The zero-order valence-electron chi connectivity index (χ0n) is 17.0. The summed E-state index contributed by atoms with van der Waals surface area (Å²) < 4.78 is 5.48. The Labute approximate surface area is 159 Å². The number of morpholine rings is 1. The molecule has 1 N–H and O–H groups in total. The van der Waals surface area contributed by atoms with Gasteiger partial charge in [0.25, 0.3) is 0 Å². The van der Waals surface area contributed by atoms with Gasteiger partial charge in [-0.15, -0.1) is 0 Å². The topological polar surface area (TPSA) is 43.3 Å². The van der Waals surface area contributed by atoms with Crippen LogP contribution in [0.5, 0.6) is 0 Å². The maximum atomic E-state index is 5.48. The fourth-order valence-electron chi connectivity index (χ4n) is 4.45. The molecule has 3 aliphatic heterocycles. The van der Waals surface area contributed by atoms with Crippen LogP contribution in [0, 0.1) is 5.92 Å². The van der Waals surface area contributed by atoms with Crippen LogP contribution < -0.4 is 5.32 Å². The van der Waals surface area contributed by atoms with E-state index in [0.29, 0.717) is 6.04 Å². The molecule has 0 aromatic carbocycles. The first-order chi connectivity index (χ1) is 12.8. The van der Waals surface area contributed by atoms with E-state index in [0.717, 1.165) is 57.8 Å². The van der Waals surface area contributed by atoms with Crippen LogP contribution in [0.25, 0.3) is 0 Å².